The standard InChI is InChI=1S/C24H32N2O.C4H10/c1-5-6-14-26-22-12-11-21(23(16-22)27-4)10-9-20-15-19(8-7-13-25)17-24(2,3)18-20;1-3-4-2/h8-12,15-16,26H,5-7,14,17-18H2,1-4H3;3-4H2,1-2H3/b10-9+,19-8-;. The van der Waals surface area contributed by atoms with Crippen LogP contribution in [-0.4, -0.2) is 13.7 Å². The zero-order valence-corrected chi connectivity index (χ0v) is 20.6. The molecule has 0 saturated carbocycles. The lowest BCUT2D eigenvalue weighted by molar-refractivity contribution is 0.355. The Morgan fingerprint density at radius 3 is 2.45 bits per heavy atom. The van der Waals surface area contributed by atoms with Crippen LogP contribution >= 0.6 is 0 Å². The van der Waals surface area contributed by atoms with Crippen LogP contribution in [0.2, 0.25) is 0 Å². The topological polar surface area (TPSA) is 45.0 Å². The number of hydrogen-bond donors (Lipinski definition) is 1. The van der Waals surface area contributed by atoms with Gasteiger partial charge in [-0.05, 0) is 42.4 Å². The van der Waals surface area contributed by atoms with Crippen LogP contribution in [0, 0.1) is 16.7 Å². The fourth-order valence-corrected chi connectivity index (χ4v) is 3.49. The van der Waals surface area contributed by atoms with E-state index >= 15 is 0 Å². The molecule has 3 nitrogen and oxygen atoms in total. The second-order valence-electron chi connectivity index (χ2n) is 8.95. The highest BCUT2D eigenvalue weighted by Crippen LogP contribution is 2.39. The largest absolute Gasteiger partial charge is 0.496 e. The summed E-state index contributed by atoms with van der Waals surface area (Å²) in [6, 6.07) is 8.48. The third-order valence-electron chi connectivity index (χ3n) is 5.26. The van der Waals surface area contributed by atoms with Gasteiger partial charge in [-0.2, -0.15) is 5.26 Å². The fraction of sp³-hybridized carbons (Fsp3) is 0.536. The van der Waals surface area contributed by atoms with Crippen molar-refractivity contribution < 1.29 is 4.74 Å². The lowest BCUT2D eigenvalue weighted by Gasteiger charge is -2.30. The van der Waals surface area contributed by atoms with E-state index in [1.165, 1.54) is 30.4 Å². The third-order valence-corrected chi connectivity index (χ3v) is 5.26. The molecular formula is C28H42N2O. The Morgan fingerprint density at radius 2 is 1.84 bits per heavy atom. The van der Waals surface area contributed by atoms with Crippen molar-refractivity contribution in [2.24, 2.45) is 5.41 Å². The van der Waals surface area contributed by atoms with Crippen LogP contribution in [0.25, 0.3) is 6.08 Å². The molecule has 0 amide bonds. The maximum absolute atomic E-state index is 8.84. The first-order chi connectivity index (χ1) is 14.9. The molecule has 0 bridgehead atoms. The van der Waals surface area contributed by atoms with E-state index in [1.807, 2.05) is 6.08 Å². The van der Waals surface area contributed by atoms with E-state index in [4.69, 9.17) is 10.00 Å². The number of benzene rings is 1. The summed E-state index contributed by atoms with van der Waals surface area (Å²) in [6.07, 6.45) is 16.1. The zero-order chi connectivity index (χ0) is 23.1. The summed E-state index contributed by atoms with van der Waals surface area (Å²) >= 11 is 0. The monoisotopic (exact) mass is 422 g/mol. The smallest absolute Gasteiger partial charge is 0.128 e. The number of unbranched alkanes of at least 4 members (excludes halogenated alkanes) is 2. The van der Waals surface area contributed by atoms with E-state index < -0.39 is 0 Å². The molecule has 0 fully saturated rings. The molecule has 0 radical (unpaired) electrons. The maximum atomic E-state index is 8.84. The molecule has 2 rings (SSSR count). The highest BCUT2D eigenvalue weighted by atomic mass is 16.5. The summed E-state index contributed by atoms with van der Waals surface area (Å²) < 4.78 is 5.59. The van der Waals surface area contributed by atoms with Crippen molar-refractivity contribution in [1.82, 2.24) is 0 Å². The minimum atomic E-state index is 0.215. The number of methoxy groups -OCH3 is 1. The van der Waals surface area contributed by atoms with Crippen molar-refractivity contribution in [3.8, 4) is 11.8 Å². The van der Waals surface area contributed by atoms with E-state index in [0.29, 0.717) is 6.42 Å². The van der Waals surface area contributed by atoms with Crippen LogP contribution in [0.3, 0.4) is 0 Å². The van der Waals surface area contributed by atoms with Crippen molar-refractivity contribution in [2.45, 2.75) is 79.6 Å². The molecule has 1 aromatic carbocycles. The van der Waals surface area contributed by atoms with Crippen molar-refractivity contribution >= 4 is 11.8 Å². The average Bonchev–Trinajstić information content (AvgIpc) is 2.76. The highest BCUT2D eigenvalue weighted by Gasteiger charge is 2.24. The molecule has 3 heteroatoms. The van der Waals surface area contributed by atoms with Gasteiger partial charge in [0.25, 0.3) is 0 Å². The molecule has 0 heterocycles. The van der Waals surface area contributed by atoms with Crippen LogP contribution in [0.5, 0.6) is 5.75 Å². The molecule has 1 aliphatic carbocycles. The summed E-state index contributed by atoms with van der Waals surface area (Å²) in [5.74, 6) is 0.878. The van der Waals surface area contributed by atoms with Gasteiger partial charge in [-0.1, -0.05) is 83.8 Å². The predicted octanol–water partition coefficient (Wildman–Crippen LogP) is 8.31. The van der Waals surface area contributed by atoms with Gasteiger partial charge >= 0.3 is 0 Å². The first-order valence-corrected chi connectivity index (χ1v) is 11.8. The number of nitriles is 1. The van der Waals surface area contributed by atoms with Gasteiger partial charge in [0.2, 0.25) is 0 Å². The number of anilines is 1. The Bertz CT molecular complexity index is 792. The van der Waals surface area contributed by atoms with E-state index in [2.05, 4.69) is 82.4 Å². The van der Waals surface area contributed by atoms with Crippen molar-refractivity contribution in [1.29, 1.82) is 5.26 Å². The predicted molar refractivity (Wildman–Crippen MR) is 135 cm³/mol. The Hall–Kier alpha value is -2.47. The fourth-order valence-electron chi connectivity index (χ4n) is 3.49. The Balaban J connectivity index is 0.00000110. The van der Waals surface area contributed by atoms with Crippen molar-refractivity contribution in [3.05, 3.63) is 53.1 Å². The number of nitrogens with zero attached hydrogens (tertiary/aromatic N) is 1. The van der Waals surface area contributed by atoms with Crippen molar-refractivity contribution in [2.75, 3.05) is 19.0 Å². The summed E-state index contributed by atoms with van der Waals surface area (Å²) in [5, 5.41) is 12.3. The minimum absolute atomic E-state index is 0.215. The van der Waals surface area contributed by atoms with Gasteiger partial charge in [-0.3, -0.25) is 0 Å². The highest BCUT2D eigenvalue weighted by molar-refractivity contribution is 5.64. The quantitative estimate of drug-likeness (QED) is 0.407. The van der Waals surface area contributed by atoms with Gasteiger partial charge in [-0.15, -0.1) is 0 Å². The molecule has 0 saturated heterocycles. The number of rotatable bonds is 9. The summed E-state index contributed by atoms with van der Waals surface area (Å²) in [7, 11) is 1.72. The SMILES string of the molecule is CCCC.CCCCNc1ccc(/C=C/C2=CC(=C/CC#N)/CC(C)(C)C2)c(OC)c1. The van der Waals surface area contributed by atoms with Crippen molar-refractivity contribution in [3.63, 3.8) is 0 Å². The minimum Gasteiger partial charge on any atom is -0.496 e. The molecule has 170 valence electrons. The number of allylic oxidation sites excluding steroid dienone is 5. The Morgan fingerprint density at radius 1 is 1.10 bits per heavy atom. The van der Waals surface area contributed by atoms with Gasteiger partial charge in [0, 0.05) is 23.9 Å². The molecule has 1 aliphatic rings. The second-order valence-corrected chi connectivity index (χ2v) is 8.95. The van der Waals surface area contributed by atoms with Crippen LogP contribution in [0.4, 0.5) is 5.69 Å². The Kier molecular flexibility index (Phi) is 12.4. The average molecular weight is 423 g/mol. The molecule has 0 spiro atoms. The molecule has 1 N–H and O–H groups in total. The lowest BCUT2D eigenvalue weighted by Crippen LogP contribution is -2.16. The summed E-state index contributed by atoms with van der Waals surface area (Å²) in [5.41, 5.74) is 4.94. The van der Waals surface area contributed by atoms with Gasteiger partial charge < -0.3 is 10.1 Å². The van der Waals surface area contributed by atoms with E-state index in [0.717, 1.165) is 42.8 Å². The molecule has 1 aromatic rings. The van der Waals surface area contributed by atoms with E-state index in [9.17, 15) is 0 Å². The second kappa shape index (κ2) is 14.5. The molecule has 0 atom stereocenters. The molecule has 0 aromatic heterocycles. The van der Waals surface area contributed by atoms with Gasteiger partial charge in [0.1, 0.15) is 5.75 Å². The summed E-state index contributed by atoms with van der Waals surface area (Å²) in [6.45, 7) is 12.1. The first-order valence-electron chi connectivity index (χ1n) is 11.8. The van der Waals surface area contributed by atoms with Gasteiger partial charge in [0.15, 0.2) is 0 Å². The molecule has 0 aliphatic heterocycles. The van der Waals surface area contributed by atoms with Crippen LogP contribution in [0.15, 0.2) is 47.6 Å². The first kappa shape index (κ1) is 26.6. The normalized spacial score (nSPS) is 16.3. The van der Waals surface area contributed by atoms with Crippen LogP contribution in [0.1, 0.15) is 85.1 Å². The lowest BCUT2D eigenvalue weighted by atomic mass is 9.75. The van der Waals surface area contributed by atoms with Crippen LogP contribution < -0.4 is 10.1 Å². The van der Waals surface area contributed by atoms with Crippen LogP contribution in [-0.2, 0) is 0 Å². The summed E-state index contributed by atoms with van der Waals surface area (Å²) in [4.78, 5) is 0. The van der Waals surface area contributed by atoms with E-state index in [-0.39, 0.29) is 5.41 Å². The van der Waals surface area contributed by atoms with Gasteiger partial charge in [-0.25, -0.2) is 0 Å². The molecule has 0 unspecified atom stereocenters. The van der Waals surface area contributed by atoms with E-state index in [1.54, 1.807) is 7.11 Å². The third kappa shape index (κ3) is 10.4. The maximum Gasteiger partial charge on any atom is 0.128 e. The molecule has 31 heavy (non-hydrogen) atoms. The van der Waals surface area contributed by atoms with Gasteiger partial charge in [0.05, 0.1) is 19.6 Å². The number of hydrogen-bond acceptors (Lipinski definition) is 3. The zero-order valence-electron chi connectivity index (χ0n) is 20.6. The number of nitrogens with one attached hydrogen (secondary N) is 1. The molecular weight excluding hydrogens is 380 g/mol. The number of ether oxygens (including phenoxy) is 1. The Labute approximate surface area is 190 Å².